The third kappa shape index (κ3) is 4.43. The lowest BCUT2D eigenvalue weighted by molar-refractivity contribution is -0.137. The summed E-state index contributed by atoms with van der Waals surface area (Å²) in [6.07, 6.45) is 1.02. The summed E-state index contributed by atoms with van der Waals surface area (Å²) in [5.74, 6) is -1.36. The van der Waals surface area contributed by atoms with E-state index in [0.29, 0.717) is 22.8 Å². The number of aliphatic carboxylic acids is 1. The number of nitrogens with one attached hydrogen (secondary N) is 1. The maximum atomic E-state index is 14.1. The van der Waals surface area contributed by atoms with Gasteiger partial charge in [-0.3, -0.25) is 9.59 Å². The molecule has 1 unspecified atom stereocenters. The van der Waals surface area contributed by atoms with Crippen LogP contribution in [0.1, 0.15) is 34.3 Å². The van der Waals surface area contributed by atoms with Gasteiger partial charge in [-0.15, -0.1) is 0 Å². The van der Waals surface area contributed by atoms with Crippen LogP contribution in [-0.4, -0.2) is 29.1 Å². The molecule has 0 bridgehead atoms. The van der Waals surface area contributed by atoms with E-state index in [1.165, 1.54) is 37.6 Å². The molecule has 0 radical (unpaired) electrons. The van der Waals surface area contributed by atoms with Gasteiger partial charge in [-0.2, -0.15) is 0 Å². The lowest BCUT2D eigenvalue weighted by Gasteiger charge is -2.18. The predicted molar refractivity (Wildman–Crippen MR) is 102 cm³/mol. The van der Waals surface area contributed by atoms with Crippen molar-refractivity contribution in [2.75, 3.05) is 7.11 Å². The van der Waals surface area contributed by atoms with Crippen molar-refractivity contribution >= 4 is 11.9 Å². The number of aromatic nitrogens is 1. The highest BCUT2D eigenvalue weighted by Gasteiger charge is 2.23. The summed E-state index contributed by atoms with van der Waals surface area (Å²) in [6.45, 7) is 1.75. The molecule has 2 aromatic heterocycles. The van der Waals surface area contributed by atoms with Crippen molar-refractivity contribution < 1.29 is 28.2 Å². The number of benzene rings is 1. The average Bonchev–Trinajstić information content (AvgIpc) is 3.12. The van der Waals surface area contributed by atoms with Crippen LogP contribution in [0.5, 0.6) is 5.75 Å². The van der Waals surface area contributed by atoms with E-state index in [-0.39, 0.29) is 11.3 Å². The summed E-state index contributed by atoms with van der Waals surface area (Å²) in [4.78, 5) is 28.4. The number of halogens is 1. The molecule has 0 saturated carbocycles. The average molecular weight is 398 g/mol. The summed E-state index contributed by atoms with van der Waals surface area (Å²) < 4.78 is 24.8. The zero-order valence-electron chi connectivity index (χ0n) is 15.8. The van der Waals surface area contributed by atoms with E-state index in [9.17, 15) is 19.1 Å². The number of rotatable bonds is 7. The molecule has 0 aliphatic heterocycles. The number of hydrogen-bond acceptors (Lipinski definition) is 5. The number of hydrogen-bond donors (Lipinski definition) is 2. The Morgan fingerprint density at radius 2 is 2.00 bits per heavy atom. The largest absolute Gasteiger partial charge is 0.494 e. The first kappa shape index (κ1) is 20.1. The van der Waals surface area contributed by atoms with Crippen molar-refractivity contribution in [3.63, 3.8) is 0 Å². The first-order valence-corrected chi connectivity index (χ1v) is 8.77. The number of methoxy groups -OCH3 is 1. The van der Waals surface area contributed by atoms with Gasteiger partial charge in [0, 0.05) is 11.1 Å². The van der Waals surface area contributed by atoms with Crippen LogP contribution in [0.2, 0.25) is 0 Å². The van der Waals surface area contributed by atoms with Gasteiger partial charge in [-0.25, -0.2) is 9.37 Å². The van der Waals surface area contributed by atoms with Crippen LogP contribution in [-0.2, 0) is 4.79 Å². The fraction of sp³-hybridized carbons (Fsp3) is 0.190. The first-order valence-electron chi connectivity index (χ1n) is 8.77. The number of furan rings is 1. The SMILES string of the molecule is COc1ccc(C(=O)NC(CC(=O)O)c2ccccc2F)nc1-c1ccoc1C. The van der Waals surface area contributed by atoms with Crippen molar-refractivity contribution in [1.82, 2.24) is 10.3 Å². The number of aryl methyl sites for hydroxylation is 1. The summed E-state index contributed by atoms with van der Waals surface area (Å²) in [5.41, 5.74) is 1.19. The highest BCUT2D eigenvalue weighted by molar-refractivity contribution is 5.93. The summed E-state index contributed by atoms with van der Waals surface area (Å²) in [6, 6.07) is 9.39. The summed E-state index contributed by atoms with van der Waals surface area (Å²) in [7, 11) is 1.48. The normalized spacial score (nSPS) is 11.7. The number of carboxylic acid groups (broad SMARTS) is 1. The molecule has 8 heteroatoms. The Hall–Kier alpha value is -3.68. The van der Waals surface area contributed by atoms with E-state index < -0.39 is 30.2 Å². The maximum Gasteiger partial charge on any atom is 0.305 e. The van der Waals surface area contributed by atoms with Gasteiger partial charge < -0.3 is 19.6 Å². The second-order valence-corrected chi connectivity index (χ2v) is 6.28. The minimum Gasteiger partial charge on any atom is -0.494 e. The van der Waals surface area contributed by atoms with E-state index in [1.54, 1.807) is 25.1 Å². The van der Waals surface area contributed by atoms with Crippen LogP contribution in [0, 0.1) is 12.7 Å². The Bertz CT molecular complexity index is 1050. The number of amides is 1. The smallest absolute Gasteiger partial charge is 0.305 e. The molecule has 1 amide bonds. The van der Waals surface area contributed by atoms with Gasteiger partial charge in [-0.1, -0.05) is 18.2 Å². The zero-order chi connectivity index (χ0) is 21.0. The molecular weight excluding hydrogens is 379 g/mol. The second kappa shape index (κ2) is 8.55. The molecule has 2 N–H and O–H groups in total. The predicted octanol–water partition coefficient (Wildman–Crippen LogP) is 3.74. The van der Waals surface area contributed by atoms with Crippen molar-refractivity contribution in [3.8, 4) is 17.0 Å². The number of carbonyl (C=O) groups is 2. The Morgan fingerprint density at radius 3 is 2.62 bits per heavy atom. The van der Waals surface area contributed by atoms with Gasteiger partial charge in [0.05, 0.1) is 25.8 Å². The molecule has 0 spiro atoms. The van der Waals surface area contributed by atoms with Crippen molar-refractivity contribution in [3.05, 3.63) is 71.6 Å². The van der Waals surface area contributed by atoms with E-state index >= 15 is 0 Å². The lowest BCUT2D eigenvalue weighted by Crippen LogP contribution is -2.31. The molecule has 0 saturated heterocycles. The number of pyridine rings is 1. The molecule has 150 valence electrons. The van der Waals surface area contributed by atoms with E-state index in [0.717, 1.165) is 0 Å². The van der Waals surface area contributed by atoms with Crippen LogP contribution in [0.15, 0.2) is 53.1 Å². The van der Waals surface area contributed by atoms with Crippen LogP contribution in [0.3, 0.4) is 0 Å². The van der Waals surface area contributed by atoms with Gasteiger partial charge in [0.1, 0.15) is 28.7 Å². The molecule has 0 aliphatic carbocycles. The fourth-order valence-electron chi connectivity index (χ4n) is 2.96. The summed E-state index contributed by atoms with van der Waals surface area (Å²) in [5, 5.41) is 11.7. The number of nitrogens with zero attached hydrogens (tertiary/aromatic N) is 1. The minimum atomic E-state index is -1.17. The third-order valence-electron chi connectivity index (χ3n) is 4.39. The molecule has 1 atom stereocenters. The lowest BCUT2D eigenvalue weighted by atomic mass is 10.0. The van der Waals surface area contributed by atoms with Crippen molar-refractivity contribution in [2.45, 2.75) is 19.4 Å². The van der Waals surface area contributed by atoms with Crippen LogP contribution >= 0.6 is 0 Å². The van der Waals surface area contributed by atoms with Gasteiger partial charge in [0.25, 0.3) is 5.91 Å². The molecule has 3 aromatic rings. The summed E-state index contributed by atoms with van der Waals surface area (Å²) >= 11 is 0. The molecule has 2 heterocycles. The Labute approximate surface area is 166 Å². The minimum absolute atomic E-state index is 0.0353. The number of ether oxygens (including phenoxy) is 1. The standard InChI is InChI=1S/C21H19FN2O5/c1-12-13(9-10-29-12)20-18(28-2)8-7-16(23-20)21(27)24-17(11-19(25)26)14-5-3-4-6-15(14)22/h3-10,17H,11H2,1-2H3,(H,24,27)(H,25,26). The van der Waals surface area contributed by atoms with Gasteiger partial charge in [0.15, 0.2) is 0 Å². The maximum absolute atomic E-state index is 14.1. The third-order valence-corrected chi connectivity index (χ3v) is 4.39. The Morgan fingerprint density at radius 1 is 1.24 bits per heavy atom. The van der Waals surface area contributed by atoms with Crippen molar-refractivity contribution in [1.29, 1.82) is 0 Å². The zero-order valence-corrected chi connectivity index (χ0v) is 15.8. The topological polar surface area (TPSA) is 102 Å². The fourth-order valence-corrected chi connectivity index (χ4v) is 2.96. The molecule has 7 nitrogen and oxygen atoms in total. The van der Waals surface area contributed by atoms with E-state index in [2.05, 4.69) is 10.3 Å². The molecule has 3 rings (SSSR count). The monoisotopic (exact) mass is 398 g/mol. The first-order chi connectivity index (χ1) is 13.9. The molecule has 0 fully saturated rings. The van der Waals surface area contributed by atoms with E-state index in [4.69, 9.17) is 9.15 Å². The highest BCUT2D eigenvalue weighted by atomic mass is 19.1. The number of carboxylic acids is 1. The van der Waals surface area contributed by atoms with Crippen LogP contribution in [0.4, 0.5) is 4.39 Å². The van der Waals surface area contributed by atoms with Gasteiger partial charge >= 0.3 is 5.97 Å². The Kier molecular flexibility index (Phi) is 5.92. The molecule has 1 aromatic carbocycles. The van der Waals surface area contributed by atoms with Crippen LogP contribution in [0.25, 0.3) is 11.3 Å². The van der Waals surface area contributed by atoms with Gasteiger partial charge in [-0.05, 0) is 31.2 Å². The molecule has 29 heavy (non-hydrogen) atoms. The quantitative estimate of drug-likeness (QED) is 0.629. The van der Waals surface area contributed by atoms with E-state index in [1.807, 2.05) is 0 Å². The van der Waals surface area contributed by atoms with Crippen LogP contribution < -0.4 is 10.1 Å². The Balaban J connectivity index is 1.94. The highest BCUT2D eigenvalue weighted by Crippen LogP contribution is 2.31. The van der Waals surface area contributed by atoms with Crippen molar-refractivity contribution in [2.24, 2.45) is 0 Å². The van der Waals surface area contributed by atoms with Gasteiger partial charge in [0.2, 0.25) is 0 Å². The molecule has 0 aliphatic rings. The second-order valence-electron chi connectivity index (χ2n) is 6.28. The molecular formula is C21H19FN2O5. The number of carbonyl (C=O) groups excluding carboxylic acids is 1.